The van der Waals surface area contributed by atoms with Crippen molar-refractivity contribution in [1.29, 1.82) is 0 Å². The number of hydrogen-bond acceptors (Lipinski definition) is 3. The van der Waals surface area contributed by atoms with Crippen molar-refractivity contribution in [2.24, 2.45) is 11.7 Å². The third-order valence-corrected chi connectivity index (χ3v) is 2.35. The van der Waals surface area contributed by atoms with Crippen LogP contribution in [0.3, 0.4) is 0 Å². The fourth-order valence-corrected chi connectivity index (χ4v) is 1.22. The first-order valence-electron chi connectivity index (χ1n) is 5.29. The maximum absolute atomic E-state index is 11.7. The van der Waals surface area contributed by atoms with E-state index in [-0.39, 0.29) is 11.8 Å². The van der Waals surface area contributed by atoms with Crippen molar-refractivity contribution in [2.75, 3.05) is 20.2 Å². The summed E-state index contributed by atoms with van der Waals surface area (Å²) >= 11 is 0. The van der Waals surface area contributed by atoms with E-state index in [2.05, 4.69) is 5.32 Å². The molecule has 16 heavy (non-hydrogen) atoms. The van der Waals surface area contributed by atoms with Crippen LogP contribution < -0.4 is 15.8 Å². The number of carbonyl (C=O) groups excluding carboxylic acids is 1. The average Bonchev–Trinajstić information content (AvgIpc) is 2.35. The Morgan fingerprint density at radius 2 is 2.31 bits per heavy atom. The lowest BCUT2D eigenvalue weighted by Crippen LogP contribution is -2.31. The highest BCUT2D eigenvalue weighted by Crippen LogP contribution is 2.12. The molecule has 1 unspecified atom stereocenters. The third kappa shape index (κ3) is 3.55. The minimum Gasteiger partial charge on any atom is -0.497 e. The zero-order chi connectivity index (χ0) is 12.0. The Morgan fingerprint density at radius 1 is 1.56 bits per heavy atom. The summed E-state index contributed by atoms with van der Waals surface area (Å²) in [5.74, 6) is 0.869. The molecule has 0 fully saturated rings. The quantitative estimate of drug-likeness (QED) is 0.781. The normalized spacial score (nSPS) is 11.9. The first-order chi connectivity index (χ1) is 7.67. The maximum atomic E-state index is 11.7. The monoisotopic (exact) mass is 222 g/mol. The van der Waals surface area contributed by atoms with Gasteiger partial charge in [0.05, 0.1) is 7.11 Å². The Morgan fingerprint density at radius 3 is 2.94 bits per heavy atom. The van der Waals surface area contributed by atoms with Gasteiger partial charge in [0.1, 0.15) is 5.75 Å². The number of hydrogen-bond donors (Lipinski definition) is 2. The molecule has 0 radical (unpaired) electrons. The number of amides is 1. The molecule has 4 heteroatoms. The van der Waals surface area contributed by atoms with E-state index in [4.69, 9.17) is 10.5 Å². The largest absolute Gasteiger partial charge is 0.497 e. The summed E-state index contributed by atoms with van der Waals surface area (Å²) in [7, 11) is 1.58. The number of ether oxygens (including phenoxy) is 1. The Hall–Kier alpha value is -1.55. The zero-order valence-corrected chi connectivity index (χ0v) is 9.69. The molecule has 4 nitrogen and oxygen atoms in total. The van der Waals surface area contributed by atoms with Gasteiger partial charge in [-0.15, -0.1) is 0 Å². The highest BCUT2D eigenvalue weighted by Gasteiger charge is 2.07. The zero-order valence-electron chi connectivity index (χ0n) is 9.69. The molecule has 0 bridgehead atoms. The molecule has 0 heterocycles. The molecule has 0 aliphatic carbocycles. The van der Waals surface area contributed by atoms with Gasteiger partial charge in [0.2, 0.25) is 0 Å². The number of rotatable bonds is 5. The van der Waals surface area contributed by atoms with Crippen LogP contribution in [0, 0.1) is 5.92 Å². The Balaban J connectivity index is 2.58. The number of nitrogens with two attached hydrogens (primary N) is 1. The van der Waals surface area contributed by atoms with E-state index in [0.717, 1.165) is 0 Å². The van der Waals surface area contributed by atoms with Crippen LogP contribution in [-0.2, 0) is 0 Å². The van der Waals surface area contributed by atoms with Crippen molar-refractivity contribution in [1.82, 2.24) is 5.32 Å². The van der Waals surface area contributed by atoms with Gasteiger partial charge in [0.25, 0.3) is 5.91 Å². The van der Waals surface area contributed by atoms with Gasteiger partial charge in [-0.2, -0.15) is 0 Å². The van der Waals surface area contributed by atoms with E-state index in [9.17, 15) is 4.79 Å². The molecule has 1 amide bonds. The smallest absolute Gasteiger partial charge is 0.251 e. The van der Waals surface area contributed by atoms with Crippen molar-refractivity contribution in [3.8, 4) is 5.75 Å². The van der Waals surface area contributed by atoms with Crippen molar-refractivity contribution in [3.05, 3.63) is 29.8 Å². The van der Waals surface area contributed by atoms with Crippen LogP contribution in [-0.4, -0.2) is 26.1 Å². The lowest BCUT2D eigenvalue weighted by molar-refractivity contribution is 0.0948. The van der Waals surface area contributed by atoms with Crippen LogP contribution in [0.4, 0.5) is 0 Å². The number of nitrogens with one attached hydrogen (secondary N) is 1. The minimum absolute atomic E-state index is 0.0980. The molecule has 0 spiro atoms. The van der Waals surface area contributed by atoms with Crippen LogP contribution in [0.5, 0.6) is 5.75 Å². The van der Waals surface area contributed by atoms with Gasteiger partial charge in [-0.1, -0.05) is 13.0 Å². The van der Waals surface area contributed by atoms with E-state index in [1.165, 1.54) is 0 Å². The van der Waals surface area contributed by atoms with E-state index in [1.807, 2.05) is 6.92 Å². The van der Waals surface area contributed by atoms with Crippen LogP contribution in [0.25, 0.3) is 0 Å². The molecule has 0 aliphatic heterocycles. The van der Waals surface area contributed by atoms with Crippen LogP contribution in [0.2, 0.25) is 0 Å². The Bertz CT molecular complexity index is 353. The summed E-state index contributed by atoms with van der Waals surface area (Å²) in [6, 6.07) is 7.06. The average molecular weight is 222 g/mol. The number of methoxy groups -OCH3 is 1. The molecule has 0 saturated heterocycles. The highest BCUT2D eigenvalue weighted by atomic mass is 16.5. The molecule has 0 saturated carbocycles. The van der Waals surface area contributed by atoms with Gasteiger partial charge in [-0.05, 0) is 30.7 Å². The molecule has 1 aromatic rings. The van der Waals surface area contributed by atoms with Crippen LogP contribution >= 0.6 is 0 Å². The SMILES string of the molecule is COc1cccc(C(=O)NCC(C)CN)c1. The fraction of sp³-hybridized carbons (Fsp3) is 0.417. The second kappa shape index (κ2) is 6.12. The number of benzene rings is 1. The van der Waals surface area contributed by atoms with Gasteiger partial charge in [-0.25, -0.2) is 0 Å². The van der Waals surface area contributed by atoms with Crippen LogP contribution in [0.15, 0.2) is 24.3 Å². The van der Waals surface area contributed by atoms with Crippen molar-refractivity contribution in [3.63, 3.8) is 0 Å². The van der Waals surface area contributed by atoms with Gasteiger partial charge in [0, 0.05) is 12.1 Å². The molecule has 1 rings (SSSR count). The second-order valence-corrected chi connectivity index (χ2v) is 3.78. The molecular formula is C12H18N2O2. The standard InChI is InChI=1S/C12H18N2O2/c1-9(7-13)8-14-12(15)10-4-3-5-11(6-10)16-2/h3-6,9H,7-8,13H2,1-2H3,(H,14,15). The molecule has 3 N–H and O–H groups in total. The van der Waals surface area contributed by atoms with E-state index < -0.39 is 0 Å². The summed E-state index contributed by atoms with van der Waals surface area (Å²) in [6.45, 7) is 3.15. The minimum atomic E-state index is -0.0980. The summed E-state index contributed by atoms with van der Waals surface area (Å²) in [6.07, 6.45) is 0. The lowest BCUT2D eigenvalue weighted by atomic mass is 10.1. The highest BCUT2D eigenvalue weighted by molar-refractivity contribution is 5.94. The second-order valence-electron chi connectivity index (χ2n) is 3.78. The predicted molar refractivity (Wildman–Crippen MR) is 63.5 cm³/mol. The van der Waals surface area contributed by atoms with Gasteiger partial charge >= 0.3 is 0 Å². The topological polar surface area (TPSA) is 64.3 Å². The first kappa shape index (κ1) is 12.5. The van der Waals surface area contributed by atoms with E-state index in [1.54, 1.807) is 31.4 Å². The predicted octanol–water partition coefficient (Wildman–Crippen LogP) is 1.02. The molecule has 88 valence electrons. The maximum Gasteiger partial charge on any atom is 0.251 e. The molecule has 0 aliphatic rings. The van der Waals surface area contributed by atoms with Crippen molar-refractivity contribution in [2.45, 2.75) is 6.92 Å². The Kier molecular flexibility index (Phi) is 4.79. The lowest BCUT2D eigenvalue weighted by Gasteiger charge is -2.10. The summed E-state index contributed by atoms with van der Waals surface area (Å²) in [5, 5.41) is 2.83. The fourth-order valence-electron chi connectivity index (χ4n) is 1.22. The van der Waals surface area contributed by atoms with Gasteiger partial charge in [-0.3, -0.25) is 4.79 Å². The molecular weight excluding hydrogens is 204 g/mol. The van der Waals surface area contributed by atoms with E-state index >= 15 is 0 Å². The van der Waals surface area contributed by atoms with Crippen molar-refractivity contribution >= 4 is 5.91 Å². The third-order valence-electron chi connectivity index (χ3n) is 2.35. The molecule has 1 atom stereocenters. The first-order valence-corrected chi connectivity index (χ1v) is 5.29. The molecule has 1 aromatic carbocycles. The van der Waals surface area contributed by atoms with E-state index in [0.29, 0.717) is 24.4 Å². The summed E-state index contributed by atoms with van der Waals surface area (Å²) in [5.41, 5.74) is 6.07. The Labute approximate surface area is 95.8 Å². The summed E-state index contributed by atoms with van der Waals surface area (Å²) in [4.78, 5) is 11.7. The van der Waals surface area contributed by atoms with Crippen LogP contribution in [0.1, 0.15) is 17.3 Å². The van der Waals surface area contributed by atoms with Crippen molar-refractivity contribution < 1.29 is 9.53 Å². The number of carbonyl (C=O) groups is 1. The molecule has 0 aromatic heterocycles. The van der Waals surface area contributed by atoms with Gasteiger partial charge < -0.3 is 15.8 Å². The summed E-state index contributed by atoms with van der Waals surface area (Å²) < 4.78 is 5.05. The van der Waals surface area contributed by atoms with Gasteiger partial charge in [0.15, 0.2) is 0 Å².